The van der Waals surface area contributed by atoms with Crippen LogP contribution >= 0.6 is 23.4 Å². The van der Waals surface area contributed by atoms with Gasteiger partial charge in [-0.3, -0.25) is 4.79 Å². The van der Waals surface area contributed by atoms with E-state index in [9.17, 15) is 9.59 Å². The van der Waals surface area contributed by atoms with Crippen LogP contribution in [-0.4, -0.2) is 38.7 Å². The minimum absolute atomic E-state index is 0.0291. The highest BCUT2D eigenvalue weighted by molar-refractivity contribution is 8.00. The molecule has 2 saturated heterocycles. The van der Waals surface area contributed by atoms with Crippen molar-refractivity contribution in [1.82, 2.24) is 15.0 Å². The van der Waals surface area contributed by atoms with E-state index < -0.39 is 16.9 Å². The molecule has 0 aliphatic carbocycles. The monoisotopic (exact) mass is 455 g/mol. The topological polar surface area (TPSA) is 85.5 Å². The molecule has 0 unspecified atom stereocenters. The average Bonchev–Trinajstić information content (AvgIpc) is 3.50. The van der Waals surface area contributed by atoms with Crippen LogP contribution < -0.4 is 0 Å². The number of nitrogens with zero attached hydrogens (tertiary/aromatic N) is 3. The van der Waals surface area contributed by atoms with Gasteiger partial charge in [-0.2, -0.15) is 4.98 Å². The number of aromatic nitrogens is 2. The van der Waals surface area contributed by atoms with E-state index in [0.29, 0.717) is 29.4 Å². The van der Waals surface area contributed by atoms with E-state index >= 15 is 0 Å². The summed E-state index contributed by atoms with van der Waals surface area (Å²) in [6, 6.07) is 16.2. The third kappa shape index (κ3) is 3.59. The normalized spacial score (nSPS) is 22.5. The van der Waals surface area contributed by atoms with E-state index in [4.69, 9.17) is 20.9 Å². The number of thioether (sulfide) groups is 1. The van der Waals surface area contributed by atoms with Gasteiger partial charge in [0.1, 0.15) is 10.9 Å². The lowest BCUT2D eigenvalue weighted by Gasteiger charge is -2.33. The Hall–Kier alpha value is -2.84. The van der Waals surface area contributed by atoms with Gasteiger partial charge in [-0.15, -0.1) is 11.8 Å². The van der Waals surface area contributed by atoms with Crippen molar-refractivity contribution in [3.63, 3.8) is 0 Å². The molecule has 2 aliphatic rings. The molecule has 0 N–H and O–H groups in total. The Balaban J connectivity index is 1.28. The van der Waals surface area contributed by atoms with Crippen molar-refractivity contribution in [2.24, 2.45) is 0 Å². The molecule has 7 nitrogen and oxygen atoms in total. The van der Waals surface area contributed by atoms with Crippen LogP contribution in [0.5, 0.6) is 0 Å². The molecule has 2 fully saturated rings. The van der Waals surface area contributed by atoms with Crippen LogP contribution in [0.25, 0.3) is 11.4 Å². The highest BCUT2D eigenvalue weighted by Crippen LogP contribution is 2.54. The van der Waals surface area contributed by atoms with Gasteiger partial charge in [0.05, 0.1) is 0 Å². The molecule has 31 heavy (non-hydrogen) atoms. The molecule has 5 rings (SSSR count). The molecule has 0 saturated carbocycles. The quantitative estimate of drug-likeness (QED) is 0.537. The molecule has 1 aromatic heterocycles. The molecule has 2 aromatic carbocycles. The number of fused-ring (bicyclic) bond motifs is 1. The van der Waals surface area contributed by atoms with Crippen molar-refractivity contribution in [2.45, 2.75) is 30.4 Å². The first-order chi connectivity index (χ1) is 15.1. The van der Waals surface area contributed by atoms with Crippen molar-refractivity contribution in [3.8, 4) is 11.4 Å². The fourth-order valence-corrected chi connectivity index (χ4v) is 5.84. The molecule has 3 heterocycles. The maximum Gasteiger partial charge on any atom is 0.330 e. The Morgan fingerprint density at radius 1 is 1.23 bits per heavy atom. The summed E-state index contributed by atoms with van der Waals surface area (Å²) >= 11 is 7.52. The molecule has 1 amide bonds. The summed E-state index contributed by atoms with van der Waals surface area (Å²) in [5.41, 5.74) is 1.78. The third-order valence-corrected chi connectivity index (χ3v) is 7.38. The van der Waals surface area contributed by atoms with Gasteiger partial charge in [-0.1, -0.05) is 47.1 Å². The van der Waals surface area contributed by atoms with Crippen LogP contribution in [0.1, 0.15) is 24.3 Å². The first-order valence-electron chi connectivity index (χ1n) is 9.84. The van der Waals surface area contributed by atoms with Crippen molar-refractivity contribution in [3.05, 3.63) is 71.1 Å². The molecule has 2 aliphatic heterocycles. The second kappa shape index (κ2) is 8.01. The van der Waals surface area contributed by atoms with Gasteiger partial charge in [0.2, 0.25) is 11.7 Å². The largest absolute Gasteiger partial charge is 0.454 e. The molecule has 0 bridgehead atoms. The Morgan fingerprint density at radius 3 is 2.77 bits per heavy atom. The second-order valence-corrected chi connectivity index (χ2v) is 9.10. The number of hydrogen-bond acceptors (Lipinski definition) is 7. The SMILES string of the molecule is O=C(OCc1nc(-c2ccc(Cl)cc2)no1)[C@H]1CS[C@]2(c3ccccc3)CCC(=O)N12. The van der Waals surface area contributed by atoms with E-state index in [1.54, 1.807) is 40.9 Å². The minimum atomic E-state index is -0.640. The Labute approximate surface area is 187 Å². The summed E-state index contributed by atoms with van der Waals surface area (Å²) < 4.78 is 10.7. The smallest absolute Gasteiger partial charge is 0.330 e. The molecule has 0 radical (unpaired) electrons. The number of esters is 1. The van der Waals surface area contributed by atoms with E-state index in [2.05, 4.69) is 10.1 Å². The van der Waals surface area contributed by atoms with Crippen LogP contribution in [-0.2, 0) is 25.8 Å². The predicted molar refractivity (Wildman–Crippen MR) is 115 cm³/mol. The lowest BCUT2D eigenvalue weighted by Crippen LogP contribution is -2.46. The van der Waals surface area contributed by atoms with Gasteiger partial charge in [0.15, 0.2) is 6.61 Å². The zero-order valence-corrected chi connectivity index (χ0v) is 17.9. The second-order valence-electron chi connectivity index (χ2n) is 7.37. The first-order valence-corrected chi connectivity index (χ1v) is 11.2. The summed E-state index contributed by atoms with van der Waals surface area (Å²) in [7, 11) is 0. The Kier molecular flexibility index (Phi) is 5.19. The zero-order valence-electron chi connectivity index (χ0n) is 16.4. The summed E-state index contributed by atoms with van der Waals surface area (Å²) in [5.74, 6) is 0.563. The maximum atomic E-state index is 12.9. The molecular weight excluding hydrogens is 438 g/mol. The molecular formula is C22H18ClN3O4S. The highest BCUT2D eigenvalue weighted by Gasteiger charge is 2.57. The van der Waals surface area contributed by atoms with Crippen LogP contribution in [0.2, 0.25) is 5.02 Å². The van der Waals surface area contributed by atoms with E-state index in [-0.39, 0.29) is 18.4 Å². The maximum absolute atomic E-state index is 12.9. The number of hydrogen-bond donors (Lipinski definition) is 0. The predicted octanol–water partition coefficient (Wildman–Crippen LogP) is 4.02. The number of carbonyl (C=O) groups is 2. The Morgan fingerprint density at radius 2 is 2.00 bits per heavy atom. The van der Waals surface area contributed by atoms with Gasteiger partial charge in [-0.25, -0.2) is 4.79 Å². The van der Waals surface area contributed by atoms with E-state index in [1.807, 2.05) is 30.3 Å². The summed E-state index contributed by atoms with van der Waals surface area (Å²) in [5, 5.41) is 4.53. The molecule has 3 aromatic rings. The lowest BCUT2D eigenvalue weighted by molar-refractivity contribution is -0.155. The highest BCUT2D eigenvalue weighted by atomic mass is 35.5. The molecule has 9 heteroatoms. The summed E-state index contributed by atoms with van der Waals surface area (Å²) in [4.78, 5) is 31.0. The summed E-state index contributed by atoms with van der Waals surface area (Å²) in [6.07, 6.45) is 1.10. The standard InChI is InChI=1S/C22H18ClN3O4S/c23-16-8-6-14(7-9-16)20-24-18(30-25-20)12-29-21(28)17-13-31-22(11-10-19(27)26(17)22)15-4-2-1-3-5-15/h1-9,17H,10-13H2/t17-,22+/m1/s1. The number of halogens is 1. The third-order valence-electron chi connectivity index (χ3n) is 5.53. The van der Waals surface area contributed by atoms with Crippen molar-refractivity contribution < 1.29 is 18.8 Å². The fraction of sp³-hybridized carbons (Fsp3) is 0.273. The van der Waals surface area contributed by atoms with Gasteiger partial charge in [-0.05, 0) is 36.2 Å². The van der Waals surface area contributed by atoms with E-state index in [1.165, 1.54) is 0 Å². The van der Waals surface area contributed by atoms with E-state index in [0.717, 1.165) is 11.1 Å². The van der Waals surface area contributed by atoms with Crippen molar-refractivity contribution in [2.75, 3.05) is 5.75 Å². The first kappa shape index (κ1) is 20.1. The van der Waals surface area contributed by atoms with Gasteiger partial charge in [0.25, 0.3) is 5.89 Å². The van der Waals surface area contributed by atoms with Gasteiger partial charge in [0, 0.05) is 22.8 Å². The molecule has 0 spiro atoms. The zero-order chi connectivity index (χ0) is 21.4. The number of amides is 1. The number of ether oxygens (including phenoxy) is 1. The van der Waals surface area contributed by atoms with Gasteiger partial charge >= 0.3 is 5.97 Å². The Bertz CT molecular complexity index is 1120. The molecule has 158 valence electrons. The van der Waals surface area contributed by atoms with Crippen LogP contribution in [0, 0.1) is 0 Å². The number of benzene rings is 2. The fourth-order valence-electron chi connectivity index (χ4n) is 4.07. The minimum Gasteiger partial charge on any atom is -0.454 e. The number of carbonyl (C=O) groups excluding carboxylic acids is 2. The van der Waals surface area contributed by atoms with Crippen LogP contribution in [0.15, 0.2) is 59.1 Å². The van der Waals surface area contributed by atoms with Crippen LogP contribution in [0.3, 0.4) is 0 Å². The number of rotatable bonds is 5. The van der Waals surface area contributed by atoms with Crippen molar-refractivity contribution >= 4 is 35.2 Å². The van der Waals surface area contributed by atoms with Crippen LogP contribution in [0.4, 0.5) is 0 Å². The lowest BCUT2D eigenvalue weighted by atomic mass is 10.0. The average molecular weight is 456 g/mol. The van der Waals surface area contributed by atoms with Crippen molar-refractivity contribution in [1.29, 1.82) is 0 Å². The summed E-state index contributed by atoms with van der Waals surface area (Å²) in [6.45, 7) is -0.152. The van der Waals surface area contributed by atoms with Gasteiger partial charge < -0.3 is 14.2 Å². The molecule has 2 atom stereocenters.